The summed E-state index contributed by atoms with van der Waals surface area (Å²) in [5, 5.41) is 13.0. The zero-order chi connectivity index (χ0) is 13.2. The topological polar surface area (TPSA) is 69.6 Å². The summed E-state index contributed by atoms with van der Waals surface area (Å²) in [5.74, 6) is 0.553. The van der Waals surface area contributed by atoms with E-state index < -0.39 is 9.84 Å². The molecule has 0 aromatic heterocycles. The van der Waals surface area contributed by atoms with E-state index in [1.807, 2.05) is 6.92 Å². The molecule has 1 atom stereocenters. The lowest BCUT2D eigenvalue weighted by atomic mass is 9.98. The summed E-state index contributed by atoms with van der Waals surface area (Å²) in [4.78, 5) is 2.18. The molecule has 2 N–H and O–H groups in total. The molecule has 0 bridgehead atoms. The van der Waals surface area contributed by atoms with Crippen LogP contribution in [0.15, 0.2) is 0 Å². The van der Waals surface area contributed by atoms with Crippen LogP contribution in [0.3, 0.4) is 0 Å². The number of hydrogen-bond donors (Lipinski definition) is 2. The summed E-state index contributed by atoms with van der Waals surface area (Å²) in [6.07, 6.45) is 3.27. The zero-order valence-corrected chi connectivity index (χ0v) is 11.9. The van der Waals surface area contributed by atoms with Crippen LogP contribution in [0.4, 0.5) is 0 Å². The van der Waals surface area contributed by atoms with Crippen molar-refractivity contribution < 1.29 is 13.5 Å². The molecule has 1 aliphatic carbocycles. The average Bonchev–Trinajstić information content (AvgIpc) is 3.11. The minimum Gasteiger partial charge on any atom is -0.394 e. The van der Waals surface area contributed by atoms with Crippen molar-refractivity contribution in [3.05, 3.63) is 0 Å². The minimum absolute atomic E-state index is 0.135. The summed E-state index contributed by atoms with van der Waals surface area (Å²) >= 11 is 0. The molecular weight excluding hydrogens is 252 g/mol. The van der Waals surface area contributed by atoms with Gasteiger partial charge in [0.2, 0.25) is 0 Å². The number of rotatable bonds is 6. The van der Waals surface area contributed by atoms with Gasteiger partial charge in [-0.15, -0.1) is 0 Å². The molecular formula is C12H24N2O3S. The molecule has 2 aliphatic rings. The number of sulfone groups is 1. The maximum atomic E-state index is 11.3. The number of nitrogens with one attached hydrogen (secondary N) is 1. The normalized spacial score (nSPS) is 27.9. The maximum Gasteiger partial charge on any atom is 0.152 e. The highest BCUT2D eigenvalue weighted by molar-refractivity contribution is 7.91. The molecule has 2 fully saturated rings. The summed E-state index contributed by atoms with van der Waals surface area (Å²) in [6.45, 7) is 4.30. The van der Waals surface area contributed by atoms with Gasteiger partial charge in [0.1, 0.15) is 0 Å². The quantitative estimate of drug-likeness (QED) is 0.691. The summed E-state index contributed by atoms with van der Waals surface area (Å²) in [7, 11) is -2.79. The van der Waals surface area contributed by atoms with E-state index in [0.29, 0.717) is 19.1 Å². The minimum atomic E-state index is -2.79. The fraction of sp³-hybridized carbons (Fsp3) is 1.00. The zero-order valence-electron chi connectivity index (χ0n) is 11.1. The first kappa shape index (κ1) is 14.2. The van der Waals surface area contributed by atoms with Crippen LogP contribution in [0.1, 0.15) is 26.2 Å². The molecule has 6 heteroatoms. The molecule has 5 nitrogen and oxygen atoms in total. The molecule has 2 rings (SSSR count). The Labute approximate surface area is 109 Å². The first-order chi connectivity index (χ1) is 8.42. The van der Waals surface area contributed by atoms with Gasteiger partial charge in [-0.2, -0.15) is 0 Å². The van der Waals surface area contributed by atoms with Crippen LogP contribution in [-0.4, -0.2) is 67.8 Å². The van der Waals surface area contributed by atoms with Gasteiger partial charge >= 0.3 is 0 Å². The molecule has 1 heterocycles. The molecule has 106 valence electrons. The fourth-order valence-corrected chi connectivity index (χ4v) is 3.57. The fourth-order valence-electron chi connectivity index (χ4n) is 2.30. The number of aliphatic hydroxyl groups excluding tert-OH is 1. The molecule has 0 amide bonds. The Bertz CT molecular complexity index is 367. The molecule has 0 aromatic carbocycles. The van der Waals surface area contributed by atoms with E-state index in [9.17, 15) is 13.5 Å². The van der Waals surface area contributed by atoms with Crippen molar-refractivity contribution in [3.63, 3.8) is 0 Å². The van der Waals surface area contributed by atoms with Crippen LogP contribution in [0.25, 0.3) is 0 Å². The van der Waals surface area contributed by atoms with Gasteiger partial charge < -0.3 is 15.3 Å². The van der Waals surface area contributed by atoms with Gasteiger partial charge in [0, 0.05) is 31.2 Å². The summed E-state index contributed by atoms with van der Waals surface area (Å²) in [6, 6.07) is 0.573. The highest BCUT2D eigenvalue weighted by Crippen LogP contribution is 2.24. The van der Waals surface area contributed by atoms with Gasteiger partial charge in [0.25, 0.3) is 0 Å². The van der Waals surface area contributed by atoms with E-state index >= 15 is 0 Å². The van der Waals surface area contributed by atoms with E-state index in [1.165, 1.54) is 12.8 Å². The Balaban J connectivity index is 1.76. The van der Waals surface area contributed by atoms with Crippen molar-refractivity contribution in [1.82, 2.24) is 10.2 Å². The van der Waals surface area contributed by atoms with Crippen LogP contribution in [0.2, 0.25) is 0 Å². The molecule has 0 radical (unpaired) electrons. The van der Waals surface area contributed by atoms with Crippen LogP contribution in [0.5, 0.6) is 0 Å². The van der Waals surface area contributed by atoms with Crippen LogP contribution in [-0.2, 0) is 9.84 Å². The number of aliphatic hydroxyl groups is 1. The lowest BCUT2D eigenvalue weighted by molar-refractivity contribution is 0.145. The van der Waals surface area contributed by atoms with Gasteiger partial charge in [0.15, 0.2) is 9.84 Å². The third-order valence-corrected chi connectivity index (χ3v) is 5.50. The Morgan fingerprint density at radius 3 is 2.44 bits per heavy atom. The third kappa shape index (κ3) is 4.19. The highest BCUT2D eigenvalue weighted by Gasteiger charge is 2.32. The molecule has 1 unspecified atom stereocenters. The van der Waals surface area contributed by atoms with Crippen molar-refractivity contribution in [2.24, 2.45) is 0 Å². The van der Waals surface area contributed by atoms with Crippen molar-refractivity contribution in [3.8, 4) is 0 Å². The second-order valence-corrected chi connectivity index (χ2v) is 8.18. The van der Waals surface area contributed by atoms with Crippen LogP contribution in [0, 0.1) is 0 Å². The molecule has 1 saturated carbocycles. The van der Waals surface area contributed by atoms with Crippen molar-refractivity contribution in [1.29, 1.82) is 0 Å². The predicted molar refractivity (Wildman–Crippen MR) is 71.4 cm³/mol. The number of nitrogens with zero attached hydrogens (tertiary/aromatic N) is 1. The number of hydrogen-bond acceptors (Lipinski definition) is 5. The summed E-state index contributed by atoms with van der Waals surface area (Å²) < 4.78 is 22.7. The van der Waals surface area contributed by atoms with E-state index in [4.69, 9.17) is 0 Å². The standard InChI is InChI=1S/C12H24N2O3S/c1-12(10-15,13-11-2-3-11)4-5-14-6-8-18(16,17)9-7-14/h11,13,15H,2-10H2,1H3. The predicted octanol–water partition coefficient (Wildman–Crippen LogP) is -0.390. The largest absolute Gasteiger partial charge is 0.394 e. The maximum absolute atomic E-state index is 11.3. The molecule has 0 spiro atoms. The van der Waals surface area contributed by atoms with E-state index in [2.05, 4.69) is 10.2 Å². The first-order valence-corrected chi connectivity index (χ1v) is 8.56. The smallest absolute Gasteiger partial charge is 0.152 e. The Kier molecular flexibility index (Phi) is 4.31. The Hall–Kier alpha value is -0.170. The van der Waals surface area contributed by atoms with Crippen molar-refractivity contribution >= 4 is 9.84 Å². The van der Waals surface area contributed by atoms with Gasteiger partial charge in [0.05, 0.1) is 18.1 Å². The van der Waals surface area contributed by atoms with Crippen LogP contribution < -0.4 is 5.32 Å². The van der Waals surface area contributed by atoms with Crippen molar-refractivity contribution in [2.45, 2.75) is 37.8 Å². The molecule has 1 saturated heterocycles. The Morgan fingerprint density at radius 2 is 1.94 bits per heavy atom. The monoisotopic (exact) mass is 276 g/mol. The van der Waals surface area contributed by atoms with Gasteiger partial charge in [-0.3, -0.25) is 0 Å². The van der Waals surface area contributed by atoms with Gasteiger partial charge in [-0.25, -0.2) is 8.42 Å². The Morgan fingerprint density at radius 1 is 1.33 bits per heavy atom. The summed E-state index contributed by atoms with van der Waals surface area (Å²) in [5.41, 5.74) is -0.225. The van der Waals surface area contributed by atoms with Crippen molar-refractivity contribution in [2.75, 3.05) is 37.7 Å². The third-order valence-electron chi connectivity index (χ3n) is 3.90. The van der Waals surface area contributed by atoms with Gasteiger partial charge in [-0.05, 0) is 26.2 Å². The lowest BCUT2D eigenvalue weighted by Crippen LogP contribution is -2.50. The van der Waals surface area contributed by atoms with Gasteiger partial charge in [-0.1, -0.05) is 0 Å². The second kappa shape index (κ2) is 5.45. The molecule has 1 aliphatic heterocycles. The van der Waals surface area contributed by atoms with E-state index in [1.54, 1.807) is 0 Å². The SMILES string of the molecule is CC(CO)(CCN1CCS(=O)(=O)CC1)NC1CC1. The van der Waals surface area contributed by atoms with Crippen LogP contribution >= 0.6 is 0 Å². The highest BCUT2D eigenvalue weighted by atomic mass is 32.2. The van der Waals surface area contributed by atoms with E-state index in [-0.39, 0.29) is 23.7 Å². The lowest BCUT2D eigenvalue weighted by Gasteiger charge is -2.33. The molecule has 18 heavy (non-hydrogen) atoms. The molecule has 0 aromatic rings. The van der Waals surface area contributed by atoms with E-state index in [0.717, 1.165) is 13.0 Å². The second-order valence-electron chi connectivity index (χ2n) is 5.88. The average molecular weight is 276 g/mol. The first-order valence-electron chi connectivity index (χ1n) is 6.74.